The van der Waals surface area contributed by atoms with Gasteiger partial charge >= 0.3 is 0 Å². The summed E-state index contributed by atoms with van der Waals surface area (Å²) in [6, 6.07) is 42.3. The van der Waals surface area contributed by atoms with Gasteiger partial charge in [-0.15, -0.1) is 0 Å². The van der Waals surface area contributed by atoms with E-state index in [2.05, 4.69) is 97.1 Å². The Balaban J connectivity index is 1.26. The van der Waals surface area contributed by atoms with Gasteiger partial charge in [0, 0.05) is 27.5 Å². The van der Waals surface area contributed by atoms with Crippen molar-refractivity contribution in [3.8, 4) is 45.0 Å². The van der Waals surface area contributed by atoms with Gasteiger partial charge in [-0.25, -0.2) is 9.97 Å². The summed E-state index contributed by atoms with van der Waals surface area (Å²) in [5.41, 5.74) is 12.2. The molecule has 0 amide bonds. The maximum atomic E-state index is 6.22. The van der Waals surface area contributed by atoms with Gasteiger partial charge in [0.1, 0.15) is 11.2 Å². The van der Waals surface area contributed by atoms with Crippen LogP contribution >= 0.6 is 0 Å². The van der Waals surface area contributed by atoms with E-state index >= 15 is 0 Å². The number of nitrogens with zero attached hydrogens (tertiary/aromatic N) is 2. The fourth-order valence-corrected chi connectivity index (χ4v) is 5.84. The SMILES string of the molecule is c1ccc(-c2cc(-c3ccccc3)nc(-c3ccc4c(c3)CCc3cc5c(cc3-4)oc3ccccc35)n2)cc1. The number of para-hydroxylation sites is 1. The summed E-state index contributed by atoms with van der Waals surface area (Å²) in [5.74, 6) is 0.747. The van der Waals surface area contributed by atoms with Gasteiger partial charge in [0.2, 0.25) is 0 Å². The highest BCUT2D eigenvalue weighted by Gasteiger charge is 2.20. The number of hydrogen-bond donors (Lipinski definition) is 0. The lowest BCUT2D eigenvalue weighted by atomic mass is 9.84. The van der Waals surface area contributed by atoms with E-state index in [-0.39, 0.29) is 0 Å². The average molecular weight is 501 g/mol. The molecule has 0 atom stereocenters. The molecule has 7 aromatic rings. The van der Waals surface area contributed by atoms with Gasteiger partial charge in [-0.1, -0.05) is 91.0 Å². The van der Waals surface area contributed by atoms with Crippen LogP contribution in [0.2, 0.25) is 0 Å². The normalized spacial score (nSPS) is 12.4. The topological polar surface area (TPSA) is 38.9 Å². The van der Waals surface area contributed by atoms with Gasteiger partial charge in [-0.3, -0.25) is 0 Å². The quantitative estimate of drug-likeness (QED) is 0.243. The summed E-state index contributed by atoms with van der Waals surface area (Å²) in [7, 11) is 0. The van der Waals surface area contributed by atoms with Crippen molar-refractivity contribution in [2.75, 3.05) is 0 Å². The lowest BCUT2D eigenvalue weighted by Gasteiger charge is -2.21. The molecular weight excluding hydrogens is 476 g/mol. The maximum absolute atomic E-state index is 6.22. The molecule has 0 fully saturated rings. The fraction of sp³-hybridized carbons (Fsp3) is 0.0556. The molecule has 0 radical (unpaired) electrons. The molecule has 184 valence electrons. The molecule has 8 rings (SSSR count). The van der Waals surface area contributed by atoms with Crippen LogP contribution in [0.25, 0.3) is 67.0 Å². The zero-order valence-corrected chi connectivity index (χ0v) is 21.3. The van der Waals surface area contributed by atoms with Crippen LogP contribution in [0.5, 0.6) is 0 Å². The minimum Gasteiger partial charge on any atom is -0.456 e. The van der Waals surface area contributed by atoms with Crippen molar-refractivity contribution >= 4 is 21.9 Å². The smallest absolute Gasteiger partial charge is 0.160 e. The summed E-state index contributed by atoms with van der Waals surface area (Å²) in [4.78, 5) is 10.1. The third-order valence-electron chi connectivity index (χ3n) is 7.79. The second-order valence-corrected chi connectivity index (χ2v) is 10.2. The van der Waals surface area contributed by atoms with Crippen LogP contribution in [0.3, 0.4) is 0 Å². The molecule has 0 saturated heterocycles. The van der Waals surface area contributed by atoms with Crippen molar-refractivity contribution in [3.05, 3.63) is 132 Å². The molecule has 0 saturated carbocycles. The first-order valence-corrected chi connectivity index (χ1v) is 13.4. The molecule has 1 aliphatic rings. The number of rotatable bonds is 3. The van der Waals surface area contributed by atoms with Crippen LogP contribution < -0.4 is 0 Å². The van der Waals surface area contributed by atoms with Crippen molar-refractivity contribution in [3.63, 3.8) is 0 Å². The second-order valence-electron chi connectivity index (χ2n) is 10.2. The van der Waals surface area contributed by atoms with Crippen LogP contribution in [0, 0.1) is 0 Å². The minimum atomic E-state index is 0.747. The first-order valence-electron chi connectivity index (χ1n) is 13.4. The molecule has 5 aromatic carbocycles. The molecular formula is C36H24N2O. The summed E-state index contributed by atoms with van der Waals surface area (Å²) in [6.07, 6.45) is 1.99. The van der Waals surface area contributed by atoms with E-state index < -0.39 is 0 Å². The molecule has 39 heavy (non-hydrogen) atoms. The number of hydrogen-bond acceptors (Lipinski definition) is 3. The Morgan fingerprint density at radius 2 is 1.10 bits per heavy atom. The minimum absolute atomic E-state index is 0.747. The zero-order valence-electron chi connectivity index (χ0n) is 21.3. The number of furan rings is 1. The van der Waals surface area contributed by atoms with E-state index in [1.54, 1.807) is 0 Å². The highest BCUT2D eigenvalue weighted by atomic mass is 16.3. The summed E-state index contributed by atoms with van der Waals surface area (Å²) >= 11 is 0. The first kappa shape index (κ1) is 22.0. The molecule has 1 aliphatic carbocycles. The Morgan fingerprint density at radius 3 is 1.82 bits per heavy atom. The molecule has 3 nitrogen and oxygen atoms in total. The van der Waals surface area contributed by atoms with Crippen LogP contribution in [0.1, 0.15) is 11.1 Å². The molecule has 0 aliphatic heterocycles. The van der Waals surface area contributed by atoms with Gasteiger partial charge in [0.05, 0.1) is 11.4 Å². The van der Waals surface area contributed by atoms with E-state index in [4.69, 9.17) is 14.4 Å². The third-order valence-corrected chi connectivity index (χ3v) is 7.79. The van der Waals surface area contributed by atoms with Crippen molar-refractivity contribution < 1.29 is 4.42 Å². The summed E-state index contributed by atoms with van der Waals surface area (Å²) < 4.78 is 6.22. The average Bonchev–Trinajstić information content (AvgIpc) is 3.38. The van der Waals surface area contributed by atoms with Gasteiger partial charge in [0.15, 0.2) is 5.82 Å². The maximum Gasteiger partial charge on any atom is 0.160 e. The summed E-state index contributed by atoms with van der Waals surface area (Å²) in [5, 5.41) is 2.38. The van der Waals surface area contributed by atoms with Crippen molar-refractivity contribution in [1.82, 2.24) is 9.97 Å². The summed E-state index contributed by atoms with van der Waals surface area (Å²) in [6.45, 7) is 0. The van der Waals surface area contributed by atoms with Crippen LogP contribution in [0.4, 0.5) is 0 Å². The van der Waals surface area contributed by atoms with E-state index in [1.165, 1.54) is 33.0 Å². The lowest BCUT2D eigenvalue weighted by molar-refractivity contribution is 0.669. The Hall–Kier alpha value is -5.02. The molecule has 0 unspecified atom stereocenters. The fourth-order valence-electron chi connectivity index (χ4n) is 5.84. The van der Waals surface area contributed by atoms with E-state index in [1.807, 2.05) is 24.3 Å². The second kappa shape index (κ2) is 8.78. The van der Waals surface area contributed by atoms with Crippen LogP contribution in [-0.4, -0.2) is 9.97 Å². The van der Waals surface area contributed by atoms with Gasteiger partial charge in [-0.05, 0) is 65.4 Å². The predicted molar refractivity (Wildman–Crippen MR) is 158 cm³/mol. The molecule has 2 heterocycles. The van der Waals surface area contributed by atoms with E-state index in [0.717, 1.165) is 57.9 Å². The van der Waals surface area contributed by atoms with Crippen molar-refractivity contribution in [2.45, 2.75) is 12.8 Å². The number of aryl methyl sites for hydroxylation is 2. The number of fused-ring (bicyclic) bond motifs is 6. The van der Waals surface area contributed by atoms with Gasteiger partial charge in [0.25, 0.3) is 0 Å². The Bertz CT molecular complexity index is 1950. The van der Waals surface area contributed by atoms with E-state index in [0.29, 0.717) is 0 Å². The third kappa shape index (κ3) is 3.74. The Kier molecular flexibility index (Phi) is 4.95. The van der Waals surface area contributed by atoms with Gasteiger partial charge in [-0.2, -0.15) is 0 Å². The number of aromatic nitrogens is 2. The zero-order chi connectivity index (χ0) is 25.8. The molecule has 3 heteroatoms. The Labute approximate surface area is 226 Å². The molecule has 0 bridgehead atoms. The largest absolute Gasteiger partial charge is 0.456 e. The monoisotopic (exact) mass is 500 g/mol. The highest BCUT2D eigenvalue weighted by molar-refractivity contribution is 6.06. The van der Waals surface area contributed by atoms with Crippen molar-refractivity contribution in [2.24, 2.45) is 0 Å². The first-order chi connectivity index (χ1) is 19.3. The van der Waals surface area contributed by atoms with E-state index in [9.17, 15) is 0 Å². The van der Waals surface area contributed by atoms with Crippen molar-refractivity contribution in [1.29, 1.82) is 0 Å². The standard InChI is InChI=1S/C36H24N2O/c1-3-9-23(10-4-1)32-22-33(24-11-5-2-6-12-24)38-36(37-32)27-17-18-28-25(19-27)15-16-26-20-31-29-13-7-8-14-34(29)39-35(31)21-30(26)28/h1-14,17-22H,15-16H2. The lowest BCUT2D eigenvalue weighted by Crippen LogP contribution is -2.04. The Morgan fingerprint density at radius 1 is 0.462 bits per heavy atom. The predicted octanol–water partition coefficient (Wildman–Crippen LogP) is 9.14. The molecule has 0 spiro atoms. The van der Waals surface area contributed by atoms with Crippen LogP contribution in [-0.2, 0) is 12.8 Å². The molecule has 0 N–H and O–H groups in total. The number of benzene rings is 5. The highest BCUT2D eigenvalue weighted by Crippen LogP contribution is 2.40. The molecule has 2 aromatic heterocycles. The van der Waals surface area contributed by atoms with Gasteiger partial charge < -0.3 is 4.42 Å². The van der Waals surface area contributed by atoms with Crippen LogP contribution in [0.15, 0.2) is 126 Å².